The van der Waals surface area contributed by atoms with Crippen LogP contribution in [0.4, 0.5) is 14.5 Å². The predicted octanol–water partition coefficient (Wildman–Crippen LogP) is 3.98. The quantitative estimate of drug-likeness (QED) is 0.841. The highest BCUT2D eigenvalue weighted by molar-refractivity contribution is 6.05. The van der Waals surface area contributed by atoms with Crippen LogP contribution in [0.5, 0.6) is 0 Å². The molecule has 23 heavy (non-hydrogen) atoms. The van der Waals surface area contributed by atoms with Crippen molar-refractivity contribution in [1.29, 1.82) is 0 Å². The maximum Gasteiger partial charge on any atom is 0.296 e. The number of rotatable bonds is 2. The number of hydrogen-bond donors (Lipinski definition) is 0. The highest BCUT2D eigenvalue weighted by atomic mass is 19.1. The van der Waals surface area contributed by atoms with E-state index in [1.165, 1.54) is 11.0 Å². The van der Waals surface area contributed by atoms with Gasteiger partial charge in [-0.25, -0.2) is 13.8 Å². The van der Waals surface area contributed by atoms with Crippen LogP contribution in [0.1, 0.15) is 53.9 Å². The van der Waals surface area contributed by atoms with E-state index in [1.54, 1.807) is 6.92 Å². The Hall–Kier alpha value is -2.24. The summed E-state index contributed by atoms with van der Waals surface area (Å²) < 4.78 is 33.2. The number of halogens is 2. The van der Waals surface area contributed by atoms with Gasteiger partial charge >= 0.3 is 0 Å². The molecule has 1 aromatic heterocycles. The molecule has 0 bridgehead atoms. The van der Waals surface area contributed by atoms with E-state index in [0.29, 0.717) is 36.5 Å². The van der Waals surface area contributed by atoms with Crippen molar-refractivity contribution in [2.75, 3.05) is 11.4 Å². The van der Waals surface area contributed by atoms with E-state index >= 15 is 0 Å². The highest BCUT2D eigenvalue weighted by Gasteiger charge is 2.31. The van der Waals surface area contributed by atoms with Crippen LogP contribution >= 0.6 is 0 Å². The number of carbonyl (C=O) groups is 1. The topological polar surface area (TPSA) is 46.3 Å². The molecule has 0 saturated carbocycles. The number of aromatic nitrogens is 1. The number of benzene rings is 1. The molecule has 0 radical (unpaired) electrons. The van der Waals surface area contributed by atoms with Crippen LogP contribution in [-0.2, 0) is 6.42 Å². The minimum atomic E-state index is -0.727. The first-order chi connectivity index (χ1) is 10.9. The van der Waals surface area contributed by atoms with E-state index < -0.39 is 17.5 Å². The average molecular weight is 320 g/mol. The van der Waals surface area contributed by atoms with E-state index in [-0.39, 0.29) is 17.4 Å². The SMILES string of the molecule is Cc1nc(C(C)C)oc1C(=O)N1CCCc2cc(F)cc(F)c21. The van der Waals surface area contributed by atoms with Crippen LogP contribution < -0.4 is 4.90 Å². The number of amides is 1. The van der Waals surface area contributed by atoms with Gasteiger partial charge < -0.3 is 9.32 Å². The zero-order valence-electron chi connectivity index (χ0n) is 13.3. The lowest BCUT2D eigenvalue weighted by atomic mass is 10.0. The first-order valence-corrected chi connectivity index (χ1v) is 7.65. The first kappa shape index (κ1) is 15.6. The summed E-state index contributed by atoms with van der Waals surface area (Å²) in [6, 6.07) is 2.09. The van der Waals surface area contributed by atoms with Crippen LogP contribution in [0, 0.1) is 18.6 Å². The van der Waals surface area contributed by atoms with E-state index in [1.807, 2.05) is 13.8 Å². The standard InChI is InChI=1S/C17H18F2N2O2/c1-9(2)16-20-10(3)15(23-16)17(22)21-6-4-5-11-7-12(18)8-13(19)14(11)21/h7-9H,4-6H2,1-3H3. The summed E-state index contributed by atoms with van der Waals surface area (Å²) in [6.45, 7) is 5.89. The molecule has 0 atom stereocenters. The summed E-state index contributed by atoms with van der Waals surface area (Å²) in [5.41, 5.74) is 1.13. The molecule has 0 aliphatic carbocycles. The maximum atomic E-state index is 14.2. The second-order valence-corrected chi connectivity index (χ2v) is 6.08. The summed E-state index contributed by atoms with van der Waals surface area (Å²) >= 11 is 0. The Morgan fingerprint density at radius 1 is 1.35 bits per heavy atom. The Morgan fingerprint density at radius 3 is 2.74 bits per heavy atom. The highest BCUT2D eigenvalue weighted by Crippen LogP contribution is 2.33. The smallest absolute Gasteiger partial charge is 0.296 e. The van der Waals surface area contributed by atoms with Crippen molar-refractivity contribution >= 4 is 11.6 Å². The molecule has 2 heterocycles. The number of hydrogen-bond acceptors (Lipinski definition) is 3. The monoisotopic (exact) mass is 320 g/mol. The normalized spacial score (nSPS) is 14.3. The van der Waals surface area contributed by atoms with E-state index in [2.05, 4.69) is 4.98 Å². The van der Waals surface area contributed by atoms with Crippen LogP contribution in [0.3, 0.4) is 0 Å². The zero-order valence-corrected chi connectivity index (χ0v) is 13.3. The van der Waals surface area contributed by atoms with E-state index in [4.69, 9.17) is 4.42 Å². The van der Waals surface area contributed by atoms with Crippen molar-refractivity contribution in [2.24, 2.45) is 0 Å². The van der Waals surface area contributed by atoms with Crippen molar-refractivity contribution in [3.8, 4) is 0 Å². The number of aryl methyl sites for hydroxylation is 2. The van der Waals surface area contributed by atoms with E-state index in [9.17, 15) is 13.6 Å². The van der Waals surface area contributed by atoms with Crippen molar-refractivity contribution in [1.82, 2.24) is 4.98 Å². The number of nitrogens with zero attached hydrogens (tertiary/aromatic N) is 2. The van der Waals surface area contributed by atoms with Gasteiger partial charge in [-0.2, -0.15) is 0 Å². The predicted molar refractivity (Wildman–Crippen MR) is 81.7 cm³/mol. The largest absolute Gasteiger partial charge is 0.435 e. The van der Waals surface area contributed by atoms with Gasteiger partial charge in [0, 0.05) is 18.5 Å². The number of anilines is 1. The molecular weight excluding hydrogens is 302 g/mol. The third-order valence-corrected chi connectivity index (χ3v) is 3.95. The molecule has 1 aliphatic heterocycles. The summed E-state index contributed by atoms with van der Waals surface area (Å²) in [5, 5.41) is 0. The third kappa shape index (κ3) is 2.73. The zero-order chi connectivity index (χ0) is 16.7. The summed E-state index contributed by atoms with van der Waals surface area (Å²) in [7, 11) is 0. The maximum absolute atomic E-state index is 14.2. The van der Waals surface area contributed by atoms with Gasteiger partial charge in [0.05, 0.1) is 11.4 Å². The Bertz CT molecular complexity index is 768. The van der Waals surface area contributed by atoms with Crippen LogP contribution in [0.2, 0.25) is 0 Å². The molecule has 4 nitrogen and oxygen atoms in total. The van der Waals surface area contributed by atoms with E-state index in [0.717, 1.165) is 6.07 Å². The molecule has 2 aromatic rings. The van der Waals surface area contributed by atoms with Crippen molar-refractivity contribution < 1.29 is 18.0 Å². The van der Waals surface area contributed by atoms with Gasteiger partial charge in [-0.15, -0.1) is 0 Å². The van der Waals surface area contributed by atoms with Gasteiger partial charge in [-0.1, -0.05) is 13.8 Å². The molecule has 0 fully saturated rings. The van der Waals surface area contributed by atoms with Gasteiger partial charge in [0.15, 0.2) is 5.89 Å². The molecule has 0 unspecified atom stereocenters. The summed E-state index contributed by atoms with van der Waals surface area (Å²) in [4.78, 5) is 18.4. The van der Waals surface area contributed by atoms with Gasteiger partial charge in [0.25, 0.3) is 5.91 Å². The fourth-order valence-corrected chi connectivity index (χ4v) is 2.84. The fourth-order valence-electron chi connectivity index (χ4n) is 2.84. The number of fused-ring (bicyclic) bond motifs is 1. The molecular formula is C17H18F2N2O2. The van der Waals surface area contributed by atoms with Gasteiger partial charge in [-0.3, -0.25) is 4.79 Å². The van der Waals surface area contributed by atoms with Crippen molar-refractivity contribution in [2.45, 2.75) is 39.5 Å². The molecule has 1 aliphatic rings. The Labute approximate surface area is 133 Å². The van der Waals surface area contributed by atoms with Crippen molar-refractivity contribution in [3.05, 3.63) is 46.7 Å². The molecule has 1 aromatic carbocycles. The molecule has 0 N–H and O–H groups in total. The molecule has 0 spiro atoms. The van der Waals surface area contributed by atoms with Crippen molar-refractivity contribution in [3.63, 3.8) is 0 Å². The molecule has 3 rings (SSSR count). The fraction of sp³-hybridized carbons (Fsp3) is 0.412. The third-order valence-electron chi connectivity index (χ3n) is 3.95. The molecule has 0 saturated heterocycles. The molecule has 6 heteroatoms. The Balaban J connectivity index is 2.03. The summed E-state index contributed by atoms with van der Waals surface area (Å²) in [5.74, 6) is -1.15. The van der Waals surface area contributed by atoms with Gasteiger partial charge in [0.2, 0.25) is 5.76 Å². The van der Waals surface area contributed by atoms with Crippen LogP contribution in [0.25, 0.3) is 0 Å². The average Bonchev–Trinajstić information content (AvgIpc) is 2.87. The van der Waals surface area contributed by atoms with Gasteiger partial charge in [0.1, 0.15) is 11.6 Å². The number of oxazole rings is 1. The number of carbonyl (C=O) groups excluding carboxylic acids is 1. The Kier molecular flexibility index (Phi) is 3.92. The Morgan fingerprint density at radius 2 is 2.09 bits per heavy atom. The molecule has 1 amide bonds. The first-order valence-electron chi connectivity index (χ1n) is 7.65. The lowest BCUT2D eigenvalue weighted by Crippen LogP contribution is -2.36. The lowest BCUT2D eigenvalue weighted by Gasteiger charge is -2.29. The molecule has 122 valence electrons. The second-order valence-electron chi connectivity index (χ2n) is 6.08. The summed E-state index contributed by atoms with van der Waals surface area (Å²) in [6.07, 6.45) is 1.19. The minimum absolute atomic E-state index is 0.0507. The van der Waals surface area contributed by atoms with Crippen LogP contribution in [0.15, 0.2) is 16.5 Å². The second kappa shape index (κ2) is 5.76. The van der Waals surface area contributed by atoms with Crippen LogP contribution in [-0.4, -0.2) is 17.4 Å². The van der Waals surface area contributed by atoms with Gasteiger partial charge in [-0.05, 0) is 31.4 Å². The lowest BCUT2D eigenvalue weighted by molar-refractivity contribution is 0.0954. The minimum Gasteiger partial charge on any atom is -0.435 e.